The molecule has 0 N–H and O–H groups in total. The van der Waals surface area contributed by atoms with Crippen LogP contribution >= 0.6 is 0 Å². The first-order chi connectivity index (χ1) is 7.89. The molecule has 3 nitrogen and oxygen atoms in total. The van der Waals surface area contributed by atoms with Crippen molar-refractivity contribution in [2.75, 3.05) is 0 Å². The molecule has 0 amide bonds. The molecule has 0 unspecified atom stereocenters. The predicted octanol–water partition coefficient (Wildman–Crippen LogP) is 3.25. The van der Waals surface area contributed by atoms with Crippen LogP contribution in [0.25, 0.3) is 0 Å². The zero-order valence-electron chi connectivity index (χ0n) is 10.2. The Morgan fingerprint density at radius 2 is 1.94 bits per heavy atom. The lowest BCUT2D eigenvalue weighted by molar-refractivity contribution is -0.0541. The molecule has 1 saturated carbocycles. The van der Waals surface area contributed by atoms with Gasteiger partial charge in [-0.25, -0.2) is 9.97 Å². The summed E-state index contributed by atoms with van der Waals surface area (Å²) >= 11 is 0. The second-order valence-corrected chi connectivity index (χ2v) is 5.34. The van der Waals surface area contributed by atoms with Crippen molar-refractivity contribution in [2.45, 2.75) is 51.6 Å². The third-order valence-electron chi connectivity index (χ3n) is 2.76. The quantitative estimate of drug-likeness (QED) is 0.816. The van der Waals surface area contributed by atoms with E-state index >= 15 is 0 Å². The van der Waals surface area contributed by atoms with Crippen LogP contribution in [-0.2, 0) is 5.41 Å². The predicted molar refractivity (Wildman–Crippen MR) is 59.3 cm³/mol. The number of halogens is 2. The summed E-state index contributed by atoms with van der Waals surface area (Å²) in [4.78, 5) is 8.08. The van der Waals surface area contributed by atoms with E-state index < -0.39 is 6.61 Å². The Bertz CT molecular complexity index is 411. The van der Waals surface area contributed by atoms with E-state index in [9.17, 15) is 8.78 Å². The molecule has 0 spiro atoms. The number of alkyl halides is 2. The molecule has 0 aliphatic heterocycles. The number of hydrogen-bond acceptors (Lipinski definition) is 3. The van der Waals surface area contributed by atoms with E-state index in [1.807, 2.05) is 20.8 Å². The topological polar surface area (TPSA) is 35.0 Å². The zero-order valence-corrected chi connectivity index (χ0v) is 10.2. The van der Waals surface area contributed by atoms with Gasteiger partial charge in [-0.05, 0) is 18.3 Å². The minimum atomic E-state index is -2.85. The summed E-state index contributed by atoms with van der Waals surface area (Å²) in [6, 6.07) is 0. The number of ether oxygens (including phenoxy) is 1. The molecular formula is C12H16F2N2O. The number of nitrogens with zero attached hydrogens (tertiary/aromatic N) is 2. The summed E-state index contributed by atoms with van der Waals surface area (Å²) in [5.74, 6) is 0.400. The smallest absolute Gasteiger partial charge is 0.388 e. The maximum Gasteiger partial charge on any atom is 0.388 e. The van der Waals surface area contributed by atoms with Gasteiger partial charge in [-0.3, -0.25) is 0 Å². The van der Waals surface area contributed by atoms with Crippen LogP contribution in [-0.4, -0.2) is 16.6 Å². The van der Waals surface area contributed by atoms with E-state index in [0.29, 0.717) is 11.5 Å². The Morgan fingerprint density at radius 1 is 1.29 bits per heavy atom. The van der Waals surface area contributed by atoms with E-state index in [4.69, 9.17) is 0 Å². The molecule has 5 heteroatoms. The van der Waals surface area contributed by atoms with Gasteiger partial charge in [0.25, 0.3) is 0 Å². The molecule has 17 heavy (non-hydrogen) atoms. The molecule has 1 aliphatic carbocycles. The average molecular weight is 242 g/mol. The van der Waals surface area contributed by atoms with Gasteiger partial charge < -0.3 is 4.74 Å². The van der Waals surface area contributed by atoms with Gasteiger partial charge in [0.2, 0.25) is 5.88 Å². The molecular weight excluding hydrogens is 226 g/mol. The van der Waals surface area contributed by atoms with Gasteiger partial charge in [-0.1, -0.05) is 20.8 Å². The normalized spacial score (nSPS) is 16.4. The first-order valence-corrected chi connectivity index (χ1v) is 5.70. The van der Waals surface area contributed by atoms with E-state index in [-0.39, 0.29) is 11.3 Å². The maximum absolute atomic E-state index is 12.4. The third-order valence-corrected chi connectivity index (χ3v) is 2.76. The highest BCUT2D eigenvalue weighted by atomic mass is 19.3. The van der Waals surface area contributed by atoms with Crippen LogP contribution in [0.3, 0.4) is 0 Å². The molecule has 1 aromatic rings. The third kappa shape index (κ3) is 2.70. The summed E-state index contributed by atoms with van der Waals surface area (Å²) in [5.41, 5.74) is 1.27. The van der Waals surface area contributed by atoms with Gasteiger partial charge in [0.15, 0.2) is 0 Å². The van der Waals surface area contributed by atoms with Crippen molar-refractivity contribution in [3.8, 4) is 5.88 Å². The first-order valence-electron chi connectivity index (χ1n) is 5.70. The van der Waals surface area contributed by atoms with E-state index in [0.717, 1.165) is 18.5 Å². The van der Waals surface area contributed by atoms with Gasteiger partial charge in [-0.15, -0.1) is 0 Å². The summed E-state index contributed by atoms with van der Waals surface area (Å²) in [6.07, 6.45) is 3.43. The SMILES string of the molecule is CC(C)(C)c1c(OC(F)F)ncnc1C1CC1. The Hall–Kier alpha value is -1.26. The molecule has 0 bridgehead atoms. The van der Waals surface area contributed by atoms with Gasteiger partial charge in [-0.2, -0.15) is 8.78 Å². The maximum atomic E-state index is 12.4. The van der Waals surface area contributed by atoms with Crippen LogP contribution in [0, 0.1) is 0 Å². The highest BCUT2D eigenvalue weighted by Gasteiger charge is 2.34. The molecule has 0 atom stereocenters. The van der Waals surface area contributed by atoms with Gasteiger partial charge >= 0.3 is 6.61 Å². The Labute approximate surface area is 99.2 Å². The Morgan fingerprint density at radius 3 is 2.41 bits per heavy atom. The second-order valence-electron chi connectivity index (χ2n) is 5.34. The average Bonchev–Trinajstić information content (AvgIpc) is 2.97. The minimum Gasteiger partial charge on any atom is -0.416 e. The molecule has 1 heterocycles. The highest BCUT2D eigenvalue weighted by Crippen LogP contribution is 2.45. The lowest BCUT2D eigenvalue weighted by Gasteiger charge is -2.24. The fourth-order valence-corrected chi connectivity index (χ4v) is 1.93. The van der Waals surface area contributed by atoms with E-state index in [2.05, 4.69) is 14.7 Å². The van der Waals surface area contributed by atoms with Crippen molar-refractivity contribution < 1.29 is 13.5 Å². The Balaban J connectivity index is 2.47. The second kappa shape index (κ2) is 4.20. The molecule has 94 valence electrons. The number of rotatable bonds is 3. The Kier molecular flexibility index (Phi) is 3.02. The van der Waals surface area contributed by atoms with Crippen LogP contribution in [0.2, 0.25) is 0 Å². The lowest BCUT2D eigenvalue weighted by Crippen LogP contribution is -2.19. The van der Waals surface area contributed by atoms with Crippen molar-refractivity contribution in [1.82, 2.24) is 9.97 Å². The van der Waals surface area contributed by atoms with Gasteiger partial charge in [0.1, 0.15) is 6.33 Å². The molecule has 1 aromatic heterocycles. The zero-order chi connectivity index (χ0) is 12.6. The first kappa shape index (κ1) is 12.2. The fourth-order valence-electron chi connectivity index (χ4n) is 1.93. The summed E-state index contributed by atoms with van der Waals surface area (Å²) < 4.78 is 29.2. The molecule has 1 fully saturated rings. The van der Waals surface area contributed by atoms with Crippen molar-refractivity contribution in [3.05, 3.63) is 17.6 Å². The highest BCUT2D eigenvalue weighted by molar-refractivity contribution is 5.39. The monoisotopic (exact) mass is 242 g/mol. The van der Waals surface area contributed by atoms with Crippen molar-refractivity contribution in [1.29, 1.82) is 0 Å². The number of aromatic nitrogens is 2. The van der Waals surface area contributed by atoms with Crippen LogP contribution in [0.4, 0.5) is 8.78 Å². The lowest BCUT2D eigenvalue weighted by atomic mass is 9.85. The van der Waals surface area contributed by atoms with Crippen LogP contribution < -0.4 is 4.74 Å². The van der Waals surface area contributed by atoms with Crippen LogP contribution in [0.15, 0.2) is 6.33 Å². The van der Waals surface area contributed by atoms with Crippen molar-refractivity contribution >= 4 is 0 Å². The van der Waals surface area contributed by atoms with Crippen molar-refractivity contribution in [2.24, 2.45) is 0 Å². The van der Waals surface area contributed by atoms with Gasteiger partial charge in [0, 0.05) is 11.5 Å². The molecule has 0 aromatic carbocycles. The van der Waals surface area contributed by atoms with Crippen molar-refractivity contribution in [3.63, 3.8) is 0 Å². The summed E-state index contributed by atoms with van der Waals surface area (Å²) in [7, 11) is 0. The fraction of sp³-hybridized carbons (Fsp3) is 0.667. The largest absolute Gasteiger partial charge is 0.416 e. The van der Waals surface area contributed by atoms with E-state index in [1.54, 1.807) is 0 Å². The summed E-state index contributed by atoms with van der Waals surface area (Å²) in [6.45, 7) is 3.01. The minimum absolute atomic E-state index is 0.0180. The molecule has 1 aliphatic rings. The van der Waals surface area contributed by atoms with Gasteiger partial charge in [0.05, 0.1) is 5.69 Å². The molecule has 2 rings (SSSR count). The van der Waals surface area contributed by atoms with Crippen LogP contribution in [0.1, 0.15) is 50.8 Å². The van der Waals surface area contributed by atoms with E-state index in [1.165, 1.54) is 6.33 Å². The standard InChI is InChI=1S/C12H16F2N2O/c1-12(2,3)8-9(7-4-5-7)15-6-16-10(8)17-11(13)14/h6-7,11H,4-5H2,1-3H3. The summed E-state index contributed by atoms with van der Waals surface area (Å²) in [5, 5.41) is 0. The number of hydrogen-bond donors (Lipinski definition) is 0. The van der Waals surface area contributed by atoms with Crippen LogP contribution in [0.5, 0.6) is 5.88 Å². The molecule has 0 saturated heterocycles. The molecule has 0 radical (unpaired) electrons.